The molecule has 4 aromatic heterocycles. The van der Waals surface area contributed by atoms with E-state index < -0.39 is 11.4 Å². The monoisotopic (exact) mass is 629 g/mol. The lowest BCUT2D eigenvalue weighted by Gasteiger charge is -2.27. The van der Waals surface area contributed by atoms with Gasteiger partial charge in [-0.2, -0.15) is 5.10 Å². The topological polar surface area (TPSA) is 89.3 Å². The van der Waals surface area contributed by atoms with Crippen molar-refractivity contribution in [1.29, 1.82) is 0 Å². The number of rotatable bonds is 10. The van der Waals surface area contributed by atoms with Crippen molar-refractivity contribution >= 4 is 28.7 Å². The molecule has 0 N–H and O–H groups in total. The minimum absolute atomic E-state index is 0.305. The third-order valence-corrected chi connectivity index (χ3v) is 7.59. The summed E-state index contributed by atoms with van der Waals surface area (Å²) >= 11 is 6.19. The molecule has 0 aliphatic rings. The number of likely N-dealkylation sites (N-methyl/N-ethyl adjacent to an activating group) is 2. The normalized spacial score (nSPS) is 11.7. The lowest BCUT2D eigenvalue weighted by molar-refractivity contribution is 0.0283. The highest BCUT2D eigenvalue weighted by atomic mass is 35.5. The molecule has 0 fully saturated rings. The van der Waals surface area contributed by atoms with Gasteiger partial charge in [0.05, 0.1) is 18.4 Å². The van der Waals surface area contributed by atoms with Gasteiger partial charge in [0.25, 0.3) is 0 Å². The summed E-state index contributed by atoms with van der Waals surface area (Å²) in [5.74, 6) is -0.413. The van der Waals surface area contributed by atoms with Crippen molar-refractivity contribution in [2.24, 2.45) is 0 Å². The maximum atomic E-state index is 14.8. The molecule has 9 nitrogen and oxygen atoms in total. The number of carbonyl (C=O) groups is 1. The van der Waals surface area contributed by atoms with Crippen molar-refractivity contribution in [1.82, 2.24) is 34.5 Å². The zero-order chi connectivity index (χ0) is 32.1. The van der Waals surface area contributed by atoms with Gasteiger partial charge in [-0.25, -0.2) is 19.2 Å². The molecule has 0 atom stereocenters. The van der Waals surface area contributed by atoms with E-state index in [1.165, 1.54) is 12.1 Å². The Bertz CT molecular complexity index is 1800. The first-order chi connectivity index (χ1) is 21.5. The van der Waals surface area contributed by atoms with Crippen molar-refractivity contribution in [3.63, 3.8) is 0 Å². The van der Waals surface area contributed by atoms with E-state index in [4.69, 9.17) is 16.3 Å². The fraction of sp³-hybridized carbons (Fsp3) is 0.324. The van der Waals surface area contributed by atoms with Gasteiger partial charge in [0, 0.05) is 84.1 Å². The second kappa shape index (κ2) is 13.7. The van der Waals surface area contributed by atoms with Gasteiger partial charge in [0.1, 0.15) is 11.4 Å². The van der Waals surface area contributed by atoms with Crippen LogP contribution in [0.1, 0.15) is 27.7 Å². The number of hydrogen-bond acceptors (Lipinski definition) is 7. The number of ether oxygens (including phenoxy) is 1. The molecule has 4 heterocycles. The van der Waals surface area contributed by atoms with Crippen LogP contribution in [0.25, 0.3) is 44.5 Å². The Morgan fingerprint density at radius 2 is 1.80 bits per heavy atom. The van der Waals surface area contributed by atoms with Crippen LogP contribution < -0.4 is 0 Å². The predicted molar refractivity (Wildman–Crippen MR) is 175 cm³/mol. The van der Waals surface area contributed by atoms with Crippen LogP contribution in [0.15, 0.2) is 73.4 Å². The number of halogens is 2. The van der Waals surface area contributed by atoms with Crippen molar-refractivity contribution in [3.05, 3.63) is 84.3 Å². The lowest BCUT2D eigenvalue weighted by atomic mass is 9.99. The summed E-state index contributed by atoms with van der Waals surface area (Å²) in [4.78, 5) is 29.8. The maximum Gasteiger partial charge on any atom is 0.410 e. The molecular formula is C34H37ClFN7O2. The minimum Gasteiger partial charge on any atom is -0.444 e. The van der Waals surface area contributed by atoms with Crippen LogP contribution in [0, 0.1) is 5.82 Å². The second-order valence-corrected chi connectivity index (χ2v) is 12.3. The highest BCUT2D eigenvalue weighted by Gasteiger charge is 2.20. The third-order valence-electron chi connectivity index (χ3n) is 7.35. The molecule has 0 saturated carbocycles. The van der Waals surface area contributed by atoms with Gasteiger partial charge in [0.15, 0.2) is 5.65 Å². The van der Waals surface area contributed by atoms with Crippen LogP contribution in [-0.4, -0.2) is 79.5 Å². The number of carbonyl (C=O) groups excluding carboxylic acids is 1. The van der Waals surface area contributed by atoms with E-state index in [2.05, 4.69) is 31.9 Å². The molecule has 234 valence electrons. The van der Waals surface area contributed by atoms with Gasteiger partial charge in [-0.05, 0) is 75.3 Å². The molecule has 0 radical (unpaired) electrons. The average Bonchev–Trinajstić information content (AvgIpc) is 3.50. The van der Waals surface area contributed by atoms with Gasteiger partial charge < -0.3 is 14.5 Å². The fourth-order valence-corrected chi connectivity index (χ4v) is 5.07. The van der Waals surface area contributed by atoms with Crippen LogP contribution in [0.4, 0.5) is 9.18 Å². The molecule has 11 heteroatoms. The molecule has 0 aliphatic carbocycles. The summed E-state index contributed by atoms with van der Waals surface area (Å²) in [6.07, 6.45) is 8.75. The number of aromatic nitrogens is 5. The molecule has 0 saturated heterocycles. The minimum atomic E-state index is -0.523. The average molecular weight is 630 g/mol. The Hall–Kier alpha value is -4.41. The van der Waals surface area contributed by atoms with Gasteiger partial charge in [0.2, 0.25) is 0 Å². The van der Waals surface area contributed by atoms with Crippen LogP contribution in [0.5, 0.6) is 0 Å². The van der Waals surface area contributed by atoms with Gasteiger partial charge >= 0.3 is 6.09 Å². The highest BCUT2D eigenvalue weighted by molar-refractivity contribution is 6.30. The Kier molecular flexibility index (Phi) is 9.74. The molecule has 1 amide bonds. The zero-order valence-electron chi connectivity index (χ0n) is 26.2. The molecule has 1 aromatic carbocycles. The lowest BCUT2D eigenvalue weighted by Crippen LogP contribution is -2.40. The third kappa shape index (κ3) is 8.01. The number of pyridine rings is 3. The number of fused-ring (bicyclic) bond motifs is 1. The van der Waals surface area contributed by atoms with E-state index in [1.54, 1.807) is 36.6 Å². The molecule has 45 heavy (non-hydrogen) atoms. The largest absolute Gasteiger partial charge is 0.444 e. The van der Waals surface area contributed by atoms with Crippen LogP contribution in [0.3, 0.4) is 0 Å². The van der Waals surface area contributed by atoms with Gasteiger partial charge in [-0.1, -0.05) is 18.5 Å². The van der Waals surface area contributed by atoms with Crippen molar-refractivity contribution in [2.45, 2.75) is 39.8 Å². The van der Waals surface area contributed by atoms with E-state index in [0.717, 1.165) is 47.3 Å². The van der Waals surface area contributed by atoms with E-state index in [9.17, 15) is 9.18 Å². The highest BCUT2D eigenvalue weighted by Crippen LogP contribution is 2.34. The smallest absolute Gasteiger partial charge is 0.410 e. The molecule has 0 spiro atoms. The first-order valence-electron chi connectivity index (χ1n) is 14.9. The molecule has 0 bridgehead atoms. The number of benzene rings is 1. The summed E-state index contributed by atoms with van der Waals surface area (Å²) in [7, 11) is 1.76. The van der Waals surface area contributed by atoms with Crippen LogP contribution >= 0.6 is 11.6 Å². The number of amides is 1. The Labute approximate surface area is 267 Å². The Morgan fingerprint density at radius 3 is 2.58 bits per heavy atom. The predicted octanol–water partition coefficient (Wildman–Crippen LogP) is 7.20. The van der Waals surface area contributed by atoms with Crippen molar-refractivity contribution in [3.8, 4) is 33.5 Å². The molecule has 0 unspecified atom stereocenters. The van der Waals surface area contributed by atoms with E-state index in [0.29, 0.717) is 35.0 Å². The first-order valence-corrected chi connectivity index (χ1v) is 15.2. The summed E-state index contributed by atoms with van der Waals surface area (Å²) < 4.78 is 22.2. The van der Waals surface area contributed by atoms with E-state index >= 15 is 0 Å². The van der Waals surface area contributed by atoms with Gasteiger partial charge in [-0.15, -0.1) is 0 Å². The fourth-order valence-electron chi connectivity index (χ4n) is 4.90. The standard InChI is InChI=1S/C34H37ClFN7O2/c1-6-42(13-12-41(5)33(44)45-34(2,3)4)14-15-43-22-25(21-39-43)23-16-24(20-37-19-23)28-18-31(29-17-26(35)9-10-30(29)36)40-32-27(28)8-7-11-38-32/h7-11,16-22H,6,12-15H2,1-5H3. The van der Waals surface area contributed by atoms with Gasteiger partial charge in [-0.3, -0.25) is 9.67 Å². The molecular weight excluding hydrogens is 593 g/mol. The molecule has 5 rings (SSSR count). The van der Waals surface area contributed by atoms with E-state index in [1.807, 2.05) is 62.1 Å². The summed E-state index contributed by atoms with van der Waals surface area (Å²) in [6, 6.07) is 12.1. The summed E-state index contributed by atoms with van der Waals surface area (Å²) in [5, 5.41) is 5.84. The van der Waals surface area contributed by atoms with Crippen molar-refractivity contribution in [2.75, 3.05) is 33.2 Å². The summed E-state index contributed by atoms with van der Waals surface area (Å²) in [6.45, 7) is 11.3. The molecule has 5 aromatic rings. The zero-order valence-corrected chi connectivity index (χ0v) is 26.9. The Morgan fingerprint density at radius 1 is 1.00 bits per heavy atom. The first kappa shape index (κ1) is 32.0. The number of nitrogens with zero attached hydrogens (tertiary/aromatic N) is 7. The quantitative estimate of drug-likeness (QED) is 0.161. The maximum absolute atomic E-state index is 14.8. The number of hydrogen-bond donors (Lipinski definition) is 0. The second-order valence-electron chi connectivity index (χ2n) is 11.8. The van der Waals surface area contributed by atoms with Crippen molar-refractivity contribution < 1.29 is 13.9 Å². The SMILES string of the molecule is CCN(CCN(C)C(=O)OC(C)(C)C)CCn1cc(-c2cncc(-c3cc(-c4cc(Cl)ccc4F)nc4ncccc34)c2)cn1. The van der Waals surface area contributed by atoms with Crippen LogP contribution in [-0.2, 0) is 11.3 Å². The van der Waals surface area contributed by atoms with E-state index in [-0.39, 0.29) is 6.09 Å². The molecule has 0 aliphatic heterocycles. The van der Waals surface area contributed by atoms with Crippen LogP contribution in [0.2, 0.25) is 5.02 Å². The Balaban J connectivity index is 1.32. The summed E-state index contributed by atoms with van der Waals surface area (Å²) in [5.41, 5.74) is 4.22.